The number of hydrogen-bond acceptors (Lipinski definition) is 2. The molecule has 136 valence electrons. The van der Waals surface area contributed by atoms with Crippen molar-refractivity contribution in [3.63, 3.8) is 0 Å². The molecule has 0 saturated carbocycles. The van der Waals surface area contributed by atoms with Crippen LogP contribution in [0.1, 0.15) is 22.3 Å². The highest BCUT2D eigenvalue weighted by Gasteiger charge is 1.97. The van der Waals surface area contributed by atoms with Crippen molar-refractivity contribution in [1.29, 1.82) is 0 Å². The molecule has 0 bridgehead atoms. The Kier molecular flexibility index (Phi) is 12.2. The molecule has 25 heavy (non-hydrogen) atoms. The molecule has 0 aliphatic rings. The third kappa shape index (κ3) is 10.5. The minimum Gasteiger partial charge on any atom is -0.508 e. The van der Waals surface area contributed by atoms with Crippen LogP contribution in [0.2, 0.25) is 0 Å². The Balaban J connectivity index is 0.000000391. The average Bonchev–Trinajstić information content (AvgIpc) is 2.60. The van der Waals surface area contributed by atoms with Gasteiger partial charge < -0.3 is 9.84 Å². The number of aryl methyl sites for hydroxylation is 4. The van der Waals surface area contributed by atoms with Crippen LogP contribution in [-0.2, 0) is 0 Å². The van der Waals surface area contributed by atoms with Gasteiger partial charge in [-0.1, -0.05) is 58.9 Å². The normalized spacial score (nSPS) is 9.00. The number of alkyl halides is 1. The van der Waals surface area contributed by atoms with Crippen LogP contribution in [0.3, 0.4) is 0 Å². The summed E-state index contributed by atoms with van der Waals surface area (Å²) >= 11 is 3.13. The van der Waals surface area contributed by atoms with Gasteiger partial charge in [0.1, 0.15) is 18.1 Å². The van der Waals surface area contributed by atoms with Crippen molar-refractivity contribution >= 4 is 15.9 Å². The van der Waals surface area contributed by atoms with E-state index in [2.05, 4.69) is 48.1 Å². The Bertz CT molecular complexity index is 663. The van der Waals surface area contributed by atoms with Gasteiger partial charge in [-0.15, -0.1) is 6.58 Å². The van der Waals surface area contributed by atoms with E-state index >= 15 is 0 Å². The Hall–Kier alpha value is -2.00. The predicted molar refractivity (Wildman–Crippen MR) is 113 cm³/mol. The zero-order valence-corrected chi connectivity index (χ0v) is 17.3. The number of halogens is 1. The lowest BCUT2D eigenvalue weighted by Crippen LogP contribution is -1.95. The number of rotatable bonds is 4. The van der Waals surface area contributed by atoms with Gasteiger partial charge in [-0.25, -0.2) is 0 Å². The van der Waals surface area contributed by atoms with Crippen LogP contribution in [-0.4, -0.2) is 17.0 Å². The Morgan fingerprint density at radius 3 is 1.88 bits per heavy atom. The zero-order valence-electron chi connectivity index (χ0n) is 15.7. The quantitative estimate of drug-likeness (QED) is 0.468. The van der Waals surface area contributed by atoms with Crippen molar-refractivity contribution in [2.45, 2.75) is 27.7 Å². The molecule has 0 unspecified atom stereocenters. The van der Waals surface area contributed by atoms with Crippen LogP contribution in [0, 0.1) is 27.7 Å². The molecule has 0 atom stereocenters. The summed E-state index contributed by atoms with van der Waals surface area (Å²) in [6.07, 6.45) is 3.54. The van der Waals surface area contributed by atoms with Crippen molar-refractivity contribution < 1.29 is 9.84 Å². The lowest BCUT2D eigenvalue weighted by atomic mass is 10.1. The summed E-state index contributed by atoms with van der Waals surface area (Å²) in [5.74, 6) is 1.34. The standard InChI is InChI=1S/C11H14O.C8H10O.C3H5Br/c1-4-7-12-11-8-9(2)5-6-10(11)3;1-6-3-4-7(2)8(9)5-6;1-2-3-4/h4-6,8H,1,7H2,2-3H3;3-5,9H,1-2H3;2H,1,3H2. The SMILES string of the molecule is C=CCBr.C=CCOc1cc(C)ccc1C.Cc1ccc(C)c(O)c1. The highest BCUT2D eigenvalue weighted by atomic mass is 79.9. The molecule has 0 fully saturated rings. The van der Waals surface area contributed by atoms with Crippen molar-refractivity contribution in [1.82, 2.24) is 0 Å². The van der Waals surface area contributed by atoms with Gasteiger partial charge in [0.15, 0.2) is 0 Å². The van der Waals surface area contributed by atoms with Crippen molar-refractivity contribution in [2.75, 3.05) is 11.9 Å². The van der Waals surface area contributed by atoms with Crippen LogP contribution in [0.15, 0.2) is 61.7 Å². The third-order valence-corrected chi connectivity index (χ3v) is 3.63. The molecule has 2 aromatic rings. The molecular weight excluding hydrogens is 376 g/mol. The van der Waals surface area contributed by atoms with Crippen LogP contribution >= 0.6 is 15.9 Å². The van der Waals surface area contributed by atoms with E-state index < -0.39 is 0 Å². The van der Waals surface area contributed by atoms with E-state index in [-0.39, 0.29) is 0 Å². The first-order valence-electron chi connectivity index (χ1n) is 8.09. The second-order valence-corrected chi connectivity index (χ2v) is 6.25. The van der Waals surface area contributed by atoms with E-state index in [0.717, 1.165) is 22.2 Å². The number of aromatic hydroxyl groups is 1. The van der Waals surface area contributed by atoms with E-state index in [1.807, 2.05) is 39.0 Å². The summed E-state index contributed by atoms with van der Waals surface area (Å²) in [6.45, 7) is 15.5. The summed E-state index contributed by atoms with van der Waals surface area (Å²) < 4.78 is 5.45. The predicted octanol–water partition coefficient (Wildman–Crippen LogP) is 6.44. The summed E-state index contributed by atoms with van der Waals surface area (Å²) in [5.41, 5.74) is 4.42. The molecule has 3 heteroatoms. The monoisotopic (exact) mass is 404 g/mol. The number of hydrogen-bond donors (Lipinski definition) is 1. The number of phenols is 1. The van der Waals surface area contributed by atoms with E-state index in [1.54, 1.807) is 18.2 Å². The fourth-order valence-electron chi connectivity index (χ4n) is 1.73. The molecule has 2 nitrogen and oxygen atoms in total. The maximum absolute atomic E-state index is 9.10. The molecule has 0 spiro atoms. The van der Waals surface area contributed by atoms with Crippen molar-refractivity contribution in [3.05, 3.63) is 84.0 Å². The minimum absolute atomic E-state index is 0.384. The van der Waals surface area contributed by atoms with Gasteiger partial charge in [0, 0.05) is 5.33 Å². The second-order valence-electron chi connectivity index (χ2n) is 5.60. The first-order valence-corrected chi connectivity index (χ1v) is 9.21. The molecular formula is C22H29BrO2. The van der Waals surface area contributed by atoms with Gasteiger partial charge in [-0.3, -0.25) is 0 Å². The molecule has 1 N–H and O–H groups in total. The van der Waals surface area contributed by atoms with Gasteiger partial charge in [-0.05, 0) is 62.1 Å². The average molecular weight is 405 g/mol. The van der Waals surface area contributed by atoms with E-state index in [0.29, 0.717) is 12.4 Å². The fraction of sp³-hybridized carbons (Fsp3) is 0.273. The topological polar surface area (TPSA) is 29.5 Å². The molecule has 0 aliphatic carbocycles. The van der Waals surface area contributed by atoms with Crippen LogP contribution in [0.5, 0.6) is 11.5 Å². The molecule has 2 aromatic carbocycles. The Labute approximate surface area is 161 Å². The van der Waals surface area contributed by atoms with Gasteiger partial charge in [-0.2, -0.15) is 0 Å². The molecule has 0 amide bonds. The number of benzene rings is 2. The van der Waals surface area contributed by atoms with Crippen LogP contribution in [0.4, 0.5) is 0 Å². The smallest absolute Gasteiger partial charge is 0.122 e. The Morgan fingerprint density at radius 2 is 1.44 bits per heavy atom. The molecule has 0 aromatic heterocycles. The zero-order chi connectivity index (χ0) is 19.2. The molecule has 0 heterocycles. The highest BCUT2D eigenvalue weighted by Crippen LogP contribution is 2.18. The summed E-state index contributed by atoms with van der Waals surface area (Å²) in [6, 6.07) is 11.8. The summed E-state index contributed by atoms with van der Waals surface area (Å²) in [5, 5.41) is 10.00. The molecule has 0 saturated heterocycles. The lowest BCUT2D eigenvalue weighted by molar-refractivity contribution is 0.360. The molecule has 0 radical (unpaired) electrons. The van der Waals surface area contributed by atoms with Crippen LogP contribution < -0.4 is 4.74 Å². The van der Waals surface area contributed by atoms with Gasteiger partial charge >= 0.3 is 0 Å². The maximum Gasteiger partial charge on any atom is 0.122 e. The highest BCUT2D eigenvalue weighted by molar-refractivity contribution is 9.09. The van der Waals surface area contributed by atoms with Gasteiger partial charge in [0.05, 0.1) is 0 Å². The Morgan fingerprint density at radius 1 is 0.920 bits per heavy atom. The maximum atomic E-state index is 9.10. The first-order chi connectivity index (χ1) is 11.8. The second kappa shape index (κ2) is 13.3. The summed E-state index contributed by atoms with van der Waals surface area (Å²) in [7, 11) is 0. The molecule has 2 rings (SSSR count). The molecule has 0 aliphatic heterocycles. The number of allylic oxidation sites excluding steroid dienone is 1. The van der Waals surface area contributed by atoms with E-state index in [4.69, 9.17) is 9.84 Å². The van der Waals surface area contributed by atoms with Crippen molar-refractivity contribution in [3.8, 4) is 11.5 Å². The first kappa shape index (κ1) is 23.0. The number of phenolic OH excluding ortho intramolecular Hbond substituents is 1. The fourth-order valence-corrected chi connectivity index (χ4v) is 1.73. The minimum atomic E-state index is 0.384. The van der Waals surface area contributed by atoms with E-state index in [1.165, 1.54) is 11.1 Å². The largest absolute Gasteiger partial charge is 0.508 e. The lowest BCUT2D eigenvalue weighted by Gasteiger charge is -2.07. The van der Waals surface area contributed by atoms with Crippen LogP contribution in [0.25, 0.3) is 0 Å². The van der Waals surface area contributed by atoms with Gasteiger partial charge in [0.25, 0.3) is 0 Å². The third-order valence-electron chi connectivity index (χ3n) is 3.17. The van der Waals surface area contributed by atoms with Crippen molar-refractivity contribution in [2.24, 2.45) is 0 Å². The number of ether oxygens (including phenoxy) is 1. The van der Waals surface area contributed by atoms with Gasteiger partial charge in [0.2, 0.25) is 0 Å². The van der Waals surface area contributed by atoms with E-state index in [9.17, 15) is 0 Å². The summed E-state index contributed by atoms with van der Waals surface area (Å²) in [4.78, 5) is 0.